The molecular weight excluding hydrogens is 261 g/mol. The van der Waals surface area contributed by atoms with Crippen LogP contribution in [0.5, 0.6) is 0 Å². The zero-order chi connectivity index (χ0) is 8.08. The third-order valence-electron chi connectivity index (χ3n) is 0. The summed E-state index contributed by atoms with van der Waals surface area (Å²) in [4.78, 5) is 0. The van der Waals surface area contributed by atoms with Crippen LogP contribution in [0.1, 0.15) is 2.85 Å². The first kappa shape index (κ1) is 23.4. The van der Waals surface area contributed by atoms with Gasteiger partial charge in [-0.1, -0.05) is 0 Å². The van der Waals surface area contributed by atoms with Gasteiger partial charge in [-0.05, 0) is 0 Å². The molecule has 0 spiro atoms. The fraction of sp³-hybridized carbons (Fsp3) is 0. The predicted molar refractivity (Wildman–Crippen MR) is 19.9 cm³/mol. The summed E-state index contributed by atoms with van der Waals surface area (Å²) >= 11 is -7.99. The summed E-state index contributed by atoms with van der Waals surface area (Å²) in [6, 6.07) is 0. The van der Waals surface area contributed by atoms with Gasteiger partial charge in [-0.2, -0.15) is 4.21 Å². The second kappa shape index (κ2) is 12.6. The molecule has 0 rings (SSSR count). The number of rotatable bonds is 0. The van der Waals surface area contributed by atoms with Gasteiger partial charge in [-0.15, -0.1) is 0 Å². The quantitative estimate of drug-likeness (QED) is 0.293. The molecule has 0 aliphatic carbocycles. The average molecular weight is 266 g/mol. The summed E-state index contributed by atoms with van der Waals surface area (Å²) in [6.07, 6.45) is 0. The standard InChI is InChI=1S/K.Mn.Na.H2O3S.H2O.3O.2H/c;;;1-4(2)3;;;;;;/h;;;(H2,1,2,3);1H2;;;;;/q3*+1;;;;;;2*-1/p-1. The van der Waals surface area contributed by atoms with Crippen LogP contribution in [-0.4, -0.2) is 17.5 Å². The second-order valence-corrected chi connectivity index (χ2v) is 2.32. The van der Waals surface area contributed by atoms with E-state index in [1.807, 2.05) is 0 Å². The van der Waals surface area contributed by atoms with Crippen LogP contribution in [-0.2, 0) is 35.8 Å². The molecule has 0 saturated heterocycles. The predicted octanol–water partition coefficient (Wildman–Crippen LogP) is -7.00. The molecule has 3 N–H and O–H groups in total. The van der Waals surface area contributed by atoms with Gasteiger partial charge in [-0.3, -0.25) is 9.11 Å². The molecule has 0 aromatic heterocycles. The fourth-order valence-electron chi connectivity index (χ4n) is 0. The van der Waals surface area contributed by atoms with Crippen LogP contribution >= 0.6 is 0 Å². The Balaban J connectivity index is -0.0000000146. The Morgan fingerprint density at radius 2 is 1.18 bits per heavy atom. The van der Waals surface area contributed by atoms with E-state index in [1.165, 1.54) is 0 Å². The van der Waals surface area contributed by atoms with Gasteiger partial charge in [0, 0.05) is 0 Å². The van der Waals surface area contributed by atoms with E-state index in [1.54, 1.807) is 0 Å². The van der Waals surface area contributed by atoms with E-state index in [0.717, 1.165) is 0 Å². The summed E-state index contributed by atoms with van der Waals surface area (Å²) in [7, 11) is 0. The number of hydrogen-bond donors (Lipinski definition) is 3. The summed E-state index contributed by atoms with van der Waals surface area (Å²) in [5, 5.41) is 0. The van der Waals surface area contributed by atoms with Gasteiger partial charge in [0.05, 0.1) is 0 Å². The molecule has 0 bridgehead atoms. The van der Waals surface area contributed by atoms with Gasteiger partial charge >= 0.3 is 110 Å². The van der Waals surface area contributed by atoms with Gasteiger partial charge in [0.15, 0.2) is 0 Å². The molecule has 0 aliphatic rings. The third kappa shape index (κ3) is 211. The monoisotopic (exact) mass is 266 g/mol. The Morgan fingerprint density at radius 1 is 1.18 bits per heavy atom. The molecule has 0 aromatic rings. The molecule has 0 amide bonds. The topological polar surface area (TPSA) is 129 Å². The van der Waals surface area contributed by atoms with Crippen molar-refractivity contribution in [3.8, 4) is 0 Å². The van der Waals surface area contributed by atoms with Crippen LogP contribution in [0.4, 0.5) is 0 Å². The second-order valence-electron chi connectivity index (χ2n) is 0.627. The van der Waals surface area contributed by atoms with Crippen LogP contribution in [0, 0.1) is 0 Å². The normalized spacial score (nSPS) is 8.36. The maximum absolute atomic E-state index is 8.69. The van der Waals surface area contributed by atoms with Crippen LogP contribution in [0.25, 0.3) is 0 Å². The molecule has 11 heteroatoms. The van der Waals surface area contributed by atoms with Gasteiger partial charge < -0.3 is 2.85 Å². The van der Waals surface area contributed by atoms with E-state index >= 15 is 0 Å². The molecule has 0 heterocycles. The van der Waals surface area contributed by atoms with Gasteiger partial charge in [0.25, 0.3) is 11.4 Å². The van der Waals surface area contributed by atoms with E-state index in [9.17, 15) is 0 Å². The molecule has 7 nitrogen and oxygen atoms in total. The molecule has 0 saturated carbocycles. The molecule has 0 atom stereocenters. The van der Waals surface area contributed by atoms with Crippen molar-refractivity contribution in [1.82, 2.24) is 0 Å². The Labute approximate surface area is 134 Å². The first-order chi connectivity index (χ1) is 3.73. The van der Waals surface area contributed by atoms with Crippen LogP contribution in [0.2, 0.25) is 0 Å². The van der Waals surface area contributed by atoms with Gasteiger partial charge in [-0.25, -0.2) is 0 Å². The molecular formula is H5KMnNaO7S. The van der Waals surface area contributed by atoms with Crippen molar-refractivity contribution in [2.24, 2.45) is 0 Å². The van der Waals surface area contributed by atoms with Crippen molar-refractivity contribution < 1.29 is 126 Å². The van der Waals surface area contributed by atoms with Gasteiger partial charge in [0.1, 0.15) is 0 Å². The minimum absolute atomic E-state index is 0. The van der Waals surface area contributed by atoms with Crippen LogP contribution in [0.3, 0.4) is 0 Å². The van der Waals surface area contributed by atoms with E-state index in [-0.39, 0.29) is 83.8 Å². The summed E-state index contributed by atoms with van der Waals surface area (Å²) in [5.74, 6) is 0. The van der Waals surface area contributed by atoms with Crippen molar-refractivity contribution in [1.29, 1.82) is 0 Å². The van der Waals surface area contributed by atoms with E-state index < -0.39 is 24.3 Å². The zero-order valence-corrected chi connectivity index (χ0v) is 12.9. The first-order valence-electron chi connectivity index (χ1n) is 1.16. The van der Waals surface area contributed by atoms with E-state index in [4.69, 9.17) is 29.0 Å². The molecule has 0 aliphatic heterocycles. The average Bonchev–Trinajstić information content (AvgIpc) is 1.19. The fourth-order valence-corrected chi connectivity index (χ4v) is 0. The Morgan fingerprint density at radius 3 is 1.18 bits per heavy atom. The molecule has 0 fully saturated rings. The number of hydrogen-bond acceptors (Lipinski definition) is 4. The van der Waals surface area contributed by atoms with Crippen molar-refractivity contribution in [2.45, 2.75) is 0 Å². The zero-order valence-electron chi connectivity index (χ0n) is 7.76. The summed E-state index contributed by atoms with van der Waals surface area (Å²) in [6.45, 7) is 0. The Hall–Kier alpha value is 2.59. The summed E-state index contributed by atoms with van der Waals surface area (Å²) < 4.78 is 55.9. The Bertz CT molecular complexity index is 212. The van der Waals surface area contributed by atoms with Crippen LogP contribution < -0.4 is 80.9 Å². The van der Waals surface area contributed by atoms with E-state index in [2.05, 4.69) is 0 Å². The van der Waals surface area contributed by atoms with Crippen molar-refractivity contribution >= 4 is 11.4 Å². The SMILES string of the molecule is O=S(O)O.[H-].[H-].[K+].[Na+].[O]=[Mn](=[O])(=[O])[OH]. The molecule has 62 valence electrons. The minimum atomic E-state index is -5.38. The molecule has 0 aromatic carbocycles. The Kier molecular flexibility index (Phi) is 26.8. The maximum atomic E-state index is 8.69. The van der Waals surface area contributed by atoms with Crippen molar-refractivity contribution in [3.63, 3.8) is 0 Å². The summed E-state index contributed by atoms with van der Waals surface area (Å²) in [5.41, 5.74) is 0. The van der Waals surface area contributed by atoms with Crippen molar-refractivity contribution in [3.05, 3.63) is 0 Å². The molecule has 0 unspecified atom stereocenters. The molecule has 0 radical (unpaired) electrons. The first-order valence-corrected chi connectivity index (χ1v) is 4.20. The van der Waals surface area contributed by atoms with Gasteiger partial charge in [0.2, 0.25) is 0 Å². The van der Waals surface area contributed by atoms with Crippen LogP contribution in [0.15, 0.2) is 0 Å². The van der Waals surface area contributed by atoms with E-state index in [0.29, 0.717) is 0 Å². The molecule has 11 heavy (non-hydrogen) atoms. The van der Waals surface area contributed by atoms with Crippen molar-refractivity contribution in [2.75, 3.05) is 0 Å². The third-order valence-corrected chi connectivity index (χ3v) is 0.